The summed E-state index contributed by atoms with van der Waals surface area (Å²) in [5.41, 5.74) is 8.41. The predicted octanol–water partition coefficient (Wildman–Crippen LogP) is 1.64. The van der Waals surface area contributed by atoms with Crippen molar-refractivity contribution in [2.24, 2.45) is 0 Å². The van der Waals surface area contributed by atoms with E-state index in [0.29, 0.717) is 24.4 Å². The van der Waals surface area contributed by atoms with Crippen LogP contribution in [0.3, 0.4) is 0 Å². The number of amides is 1. The fraction of sp³-hybridized carbons (Fsp3) is 0.533. The molecule has 0 aliphatic carbocycles. The zero-order chi connectivity index (χ0) is 14.4. The average molecular weight is 277 g/mol. The zero-order valence-electron chi connectivity index (χ0n) is 12.0. The lowest BCUT2D eigenvalue weighted by Crippen LogP contribution is -2.30. The number of piperidine rings is 1. The summed E-state index contributed by atoms with van der Waals surface area (Å²) in [6.45, 7) is 3.10. The minimum Gasteiger partial charge on any atom is -0.397 e. The number of nitrogen functional groups attached to an aromatic ring is 1. The molecule has 0 radical (unpaired) electrons. The molecule has 20 heavy (non-hydrogen) atoms. The van der Waals surface area contributed by atoms with Gasteiger partial charge in [-0.15, -0.1) is 0 Å². The number of benzene rings is 1. The van der Waals surface area contributed by atoms with Gasteiger partial charge in [0.25, 0.3) is 5.91 Å². The second-order valence-corrected chi connectivity index (χ2v) is 5.07. The Hall–Kier alpha value is -1.75. The molecule has 0 unspecified atom stereocenters. The molecule has 1 amide bonds. The second-order valence-electron chi connectivity index (χ2n) is 5.07. The van der Waals surface area contributed by atoms with Crippen LogP contribution in [0, 0.1) is 0 Å². The molecule has 1 aromatic carbocycles. The molecular weight excluding hydrogens is 254 g/mol. The molecule has 110 valence electrons. The maximum absolute atomic E-state index is 11.9. The van der Waals surface area contributed by atoms with E-state index < -0.39 is 0 Å². The molecule has 3 N–H and O–H groups in total. The van der Waals surface area contributed by atoms with E-state index in [1.165, 1.54) is 19.3 Å². The zero-order valence-corrected chi connectivity index (χ0v) is 12.0. The van der Waals surface area contributed by atoms with Crippen LogP contribution in [0.25, 0.3) is 0 Å². The van der Waals surface area contributed by atoms with Crippen molar-refractivity contribution in [2.75, 3.05) is 44.0 Å². The molecule has 5 heteroatoms. The molecule has 1 aliphatic rings. The number of carbonyl (C=O) groups excluding carboxylic acids is 1. The number of carbonyl (C=O) groups is 1. The standard InChI is InChI=1S/C15H23N3O2/c1-20-10-7-17-15(19)12-5-6-14(13(16)11-12)18-8-3-2-4-9-18/h5-6,11H,2-4,7-10,16H2,1H3,(H,17,19). The molecule has 0 atom stereocenters. The summed E-state index contributed by atoms with van der Waals surface area (Å²) in [6.07, 6.45) is 3.70. The van der Waals surface area contributed by atoms with Crippen LogP contribution in [0.4, 0.5) is 11.4 Å². The number of nitrogens with two attached hydrogens (primary N) is 1. The summed E-state index contributed by atoms with van der Waals surface area (Å²) in [4.78, 5) is 14.2. The largest absolute Gasteiger partial charge is 0.397 e. The van der Waals surface area contributed by atoms with Gasteiger partial charge in [-0.1, -0.05) is 0 Å². The van der Waals surface area contributed by atoms with Crippen LogP contribution in [0.1, 0.15) is 29.6 Å². The van der Waals surface area contributed by atoms with Crippen molar-refractivity contribution in [3.63, 3.8) is 0 Å². The number of hydrogen-bond donors (Lipinski definition) is 2. The second kappa shape index (κ2) is 7.14. The topological polar surface area (TPSA) is 67.6 Å². The van der Waals surface area contributed by atoms with Crippen molar-refractivity contribution in [2.45, 2.75) is 19.3 Å². The van der Waals surface area contributed by atoms with E-state index in [1.807, 2.05) is 12.1 Å². The summed E-state index contributed by atoms with van der Waals surface area (Å²) >= 11 is 0. The Kier molecular flexibility index (Phi) is 5.24. The van der Waals surface area contributed by atoms with Crippen LogP contribution in [0.15, 0.2) is 18.2 Å². The van der Waals surface area contributed by atoms with Crippen LogP contribution in [0.5, 0.6) is 0 Å². The lowest BCUT2D eigenvalue weighted by Gasteiger charge is -2.30. The van der Waals surface area contributed by atoms with E-state index in [-0.39, 0.29) is 5.91 Å². The molecule has 1 saturated heterocycles. The van der Waals surface area contributed by atoms with Gasteiger partial charge < -0.3 is 20.7 Å². The van der Waals surface area contributed by atoms with Crippen molar-refractivity contribution >= 4 is 17.3 Å². The average Bonchev–Trinajstić information content (AvgIpc) is 2.48. The highest BCUT2D eigenvalue weighted by molar-refractivity contribution is 5.96. The first kappa shape index (κ1) is 14.7. The van der Waals surface area contributed by atoms with Gasteiger partial charge in [-0.25, -0.2) is 0 Å². The Labute approximate surface area is 120 Å². The van der Waals surface area contributed by atoms with Crippen molar-refractivity contribution in [1.82, 2.24) is 5.32 Å². The van der Waals surface area contributed by atoms with Gasteiger partial charge in [-0.2, -0.15) is 0 Å². The molecule has 0 bridgehead atoms. The number of rotatable bonds is 5. The first-order chi connectivity index (χ1) is 9.72. The van der Waals surface area contributed by atoms with Gasteiger partial charge in [0.15, 0.2) is 0 Å². The van der Waals surface area contributed by atoms with E-state index in [4.69, 9.17) is 10.5 Å². The SMILES string of the molecule is COCCNC(=O)c1ccc(N2CCCCC2)c(N)c1. The third kappa shape index (κ3) is 3.63. The molecule has 1 aliphatic heterocycles. The van der Waals surface area contributed by atoms with Crippen LogP contribution in [-0.4, -0.2) is 39.3 Å². The van der Waals surface area contributed by atoms with Gasteiger partial charge in [0, 0.05) is 32.3 Å². The molecule has 0 saturated carbocycles. The molecule has 0 spiro atoms. The minimum atomic E-state index is -0.112. The first-order valence-electron chi connectivity index (χ1n) is 7.14. The van der Waals surface area contributed by atoms with Gasteiger partial charge in [0.05, 0.1) is 18.0 Å². The van der Waals surface area contributed by atoms with Gasteiger partial charge >= 0.3 is 0 Å². The Morgan fingerprint density at radius 1 is 1.35 bits per heavy atom. The van der Waals surface area contributed by atoms with Crippen LogP contribution >= 0.6 is 0 Å². The lowest BCUT2D eigenvalue weighted by atomic mass is 10.1. The fourth-order valence-electron chi connectivity index (χ4n) is 2.49. The minimum absolute atomic E-state index is 0.112. The third-order valence-electron chi connectivity index (χ3n) is 3.58. The molecule has 1 aromatic rings. The molecule has 1 heterocycles. The normalized spacial score (nSPS) is 15.2. The Morgan fingerprint density at radius 3 is 2.75 bits per heavy atom. The summed E-state index contributed by atoms with van der Waals surface area (Å²) in [6, 6.07) is 5.54. The lowest BCUT2D eigenvalue weighted by molar-refractivity contribution is 0.0937. The summed E-state index contributed by atoms with van der Waals surface area (Å²) < 4.78 is 4.90. The Bertz CT molecular complexity index is 456. The van der Waals surface area contributed by atoms with Crippen LogP contribution < -0.4 is 16.0 Å². The smallest absolute Gasteiger partial charge is 0.251 e. The molecule has 2 rings (SSSR count). The summed E-state index contributed by atoms with van der Waals surface area (Å²) in [7, 11) is 1.61. The van der Waals surface area contributed by atoms with Crippen LogP contribution in [-0.2, 0) is 4.74 Å². The number of nitrogens with zero attached hydrogens (tertiary/aromatic N) is 1. The van der Waals surface area contributed by atoms with Crippen molar-refractivity contribution in [1.29, 1.82) is 0 Å². The van der Waals surface area contributed by atoms with E-state index in [0.717, 1.165) is 18.8 Å². The number of ether oxygens (including phenoxy) is 1. The van der Waals surface area contributed by atoms with Gasteiger partial charge in [0.1, 0.15) is 0 Å². The molecule has 0 aromatic heterocycles. The molecule has 5 nitrogen and oxygen atoms in total. The number of hydrogen-bond acceptors (Lipinski definition) is 4. The van der Waals surface area contributed by atoms with Crippen molar-refractivity contribution in [3.05, 3.63) is 23.8 Å². The maximum Gasteiger partial charge on any atom is 0.251 e. The first-order valence-corrected chi connectivity index (χ1v) is 7.14. The van der Waals surface area contributed by atoms with E-state index in [2.05, 4.69) is 10.2 Å². The van der Waals surface area contributed by atoms with E-state index in [9.17, 15) is 4.79 Å². The van der Waals surface area contributed by atoms with Gasteiger partial charge in [-0.3, -0.25) is 4.79 Å². The predicted molar refractivity (Wildman–Crippen MR) is 81.1 cm³/mol. The fourth-order valence-corrected chi connectivity index (χ4v) is 2.49. The highest BCUT2D eigenvalue weighted by Crippen LogP contribution is 2.27. The van der Waals surface area contributed by atoms with E-state index >= 15 is 0 Å². The monoisotopic (exact) mass is 277 g/mol. The summed E-state index contributed by atoms with van der Waals surface area (Å²) in [5.74, 6) is -0.112. The van der Waals surface area contributed by atoms with Crippen molar-refractivity contribution in [3.8, 4) is 0 Å². The number of methoxy groups -OCH3 is 1. The van der Waals surface area contributed by atoms with Gasteiger partial charge in [-0.05, 0) is 37.5 Å². The van der Waals surface area contributed by atoms with Gasteiger partial charge in [0.2, 0.25) is 0 Å². The highest BCUT2D eigenvalue weighted by Gasteiger charge is 2.15. The molecule has 1 fully saturated rings. The quantitative estimate of drug-likeness (QED) is 0.634. The van der Waals surface area contributed by atoms with Crippen LogP contribution in [0.2, 0.25) is 0 Å². The highest BCUT2D eigenvalue weighted by atomic mass is 16.5. The van der Waals surface area contributed by atoms with Crippen molar-refractivity contribution < 1.29 is 9.53 Å². The maximum atomic E-state index is 11.9. The Balaban J connectivity index is 2.03. The Morgan fingerprint density at radius 2 is 2.10 bits per heavy atom. The number of nitrogens with one attached hydrogen (secondary N) is 1. The summed E-state index contributed by atoms with van der Waals surface area (Å²) in [5, 5.41) is 2.79. The molecular formula is C15H23N3O2. The van der Waals surface area contributed by atoms with E-state index in [1.54, 1.807) is 13.2 Å². The number of anilines is 2. The third-order valence-corrected chi connectivity index (χ3v) is 3.58.